The Hall–Kier alpha value is -1.68. The zero-order valence-corrected chi connectivity index (χ0v) is 12.6. The van der Waals surface area contributed by atoms with Gasteiger partial charge in [0.1, 0.15) is 6.33 Å². The number of benzene rings is 1. The second-order valence-corrected chi connectivity index (χ2v) is 5.55. The van der Waals surface area contributed by atoms with Crippen LogP contribution in [0.25, 0.3) is 0 Å². The molecule has 0 fully saturated rings. The Labute approximate surface area is 121 Å². The fourth-order valence-corrected chi connectivity index (χ4v) is 2.03. The van der Waals surface area contributed by atoms with Gasteiger partial charge in [0.15, 0.2) is 5.82 Å². The minimum absolute atomic E-state index is 0.647. The lowest BCUT2D eigenvalue weighted by Crippen LogP contribution is -2.19. The van der Waals surface area contributed by atoms with Gasteiger partial charge in [-0.2, -0.15) is 5.10 Å². The Balaban J connectivity index is 1.88. The first-order valence-electron chi connectivity index (χ1n) is 7.34. The highest BCUT2D eigenvalue weighted by Gasteiger charge is 2.02. The molecule has 0 spiro atoms. The number of nitrogens with zero attached hydrogens (tertiary/aromatic N) is 3. The Morgan fingerprint density at radius 1 is 1.15 bits per heavy atom. The predicted molar refractivity (Wildman–Crippen MR) is 81.5 cm³/mol. The molecule has 0 saturated heterocycles. The van der Waals surface area contributed by atoms with Gasteiger partial charge in [-0.15, -0.1) is 0 Å². The van der Waals surface area contributed by atoms with E-state index in [9.17, 15) is 0 Å². The van der Waals surface area contributed by atoms with E-state index in [1.807, 2.05) is 4.68 Å². The van der Waals surface area contributed by atoms with Crippen molar-refractivity contribution in [2.24, 2.45) is 5.92 Å². The second kappa shape index (κ2) is 7.20. The molecule has 0 saturated carbocycles. The summed E-state index contributed by atoms with van der Waals surface area (Å²) in [5.74, 6) is 1.50. The molecule has 0 unspecified atom stereocenters. The maximum absolute atomic E-state index is 4.49. The van der Waals surface area contributed by atoms with Crippen molar-refractivity contribution >= 4 is 0 Å². The lowest BCUT2D eigenvalue weighted by atomic mass is 10.1. The van der Waals surface area contributed by atoms with Crippen molar-refractivity contribution in [3.05, 3.63) is 47.5 Å². The summed E-state index contributed by atoms with van der Waals surface area (Å²) in [6.07, 6.45) is 2.88. The van der Waals surface area contributed by atoms with E-state index in [1.165, 1.54) is 11.1 Å². The molecule has 0 aliphatic rings. The van der Waals surface area contributed by atoms with E-state index in [-0.39, 0.29) is 0 Å². The topological polar surface area (TPSA) is 42.7 Å². The molecule has 1 N–H and O–H groups in total. The summed E-state index contributed by atoms with van der Waals surface area (Å²) in [6.45, 7) is 9.06. The van der Waals surface area contributed by atoms with Crippen molar-refractivity contribution in [2.75, 3.05) is 6.54 Å². The maximum Gasteiger partial charge on any atom is 0.164 e. The molecule has 1 heterocycles. The van der Waals surface area contributed by atoms with E-state index in [0.717, 1.165) is 31.9 Å². The van der Waals surface area contributed by atoms with Gasteiger partial charge in [-0.3, -0.25) is 0 Å². The van der Waals surface area contributed by atoms with Gasteiger partial charge in [0.05, 0.1) is 13.1 Å². The molecule has 2 rings (SSSR count). The van der Waals surface area contributed by atoms with Crippen molar-refractivity contribution in [2.45, 2.75) is 40.3 Å². The smallest absolute Gasteiger partial charge is 0.164 e. The molecule has 4 heteroatoms. The van der Waals surface area contributed by atoms with Crippen molar-refractivity contribution in [3.8, 4) is 0 Å². The van der Waals surface area contributed by atoms with Crippen LogP contribution in [-0.2, 0) is 19.5 Å². The van der Waals surface area contributed by atoms with Gasteiger partial charge in [0, 0.05) is 0 Å². The van der Waals surface area contributed by atoms with Gasteiger partial charge in [0.2, 0.25) is 0 Å². The number of nitrogens with one attached hydrogen (secondary N) is 1. The fraction of sp³-hybridized carbons (Fsp3) is 0.500. The maximum atomic E-state index is 4.49. The first-order chi connectivity index (χ1) is 9.67. The average molecular weight is 272 g/mol. The van der Waals surface area contributed by atoms with Crippen LogP contribution in [0.3, 0.4) is 0 Å². The fourth-order valence-electron chi connectivity index (χ4n) is 2.03. The molecule has 2 aromatic rings. The number of aromatic nitrogens is 3. The van der Waals surface area contributed by atoms with Crippen molar-refractivity contribution < 1.29 is 0 Å². The average Bonchev–Trinajstić information content (AvgIpc) is 2.87. The third kappa shape index (κ3) is 4.46. The molecule has 108 valence electrons. The monoisotopic (exact) mass is 272 g/mol. The quantitative estimate of drug-likeness (QED) is 0.842. The molecule has 20 heavy (non-hydrogen) atoms. The van der Waals surface area contributed by atoms with Crippen LogP contribution in [-0.4, -0.2) is 21.3 Å². The lowest BCUT2D eigenvalue weighted by molar-refractivity contribution is 0.539. The number of hydrogen-bond donors (Lipinski definition) is 1. The molecular formula is C16H24N4. The second-order valence-electron chi connectivity index (χ2n) is 5.55. The first-order valence-corrected chi connectivity index (χ1v) is 7.34. The molecule has 0 bridgehead atoms. The summed E-state index contributed by atoms with van der Waals surface area (Å²) in [5.41, 5.74) is 2.62. The SMILES string of the molecule is CCc1ccc(Cn2cnc(CNCC(C)C)n2)cc1. The van der Waals surface area contributed by atoms with Crippen LogP contribution >= 0.6 is 0 Å². The van der Waals surface area contributed by atoms with Gasteiger partial charge in [-0.05, 0) is 30.0 Å². The largest absolute Gasteiger partial charge is 0.310 e. The minimum Gasteiger partial charge on any atom is -0.310 e. The summed E-state index contributed by atoms with van der Waals surface area (Å²) in [6, 6.07) is 8.68. The third-order valence-corrected chi connectivity index (χ3v) is 3.20. The highest BCUT2D eigenvalue weighted by Crippen LogP contribution is 2.06. The molecule has 0 radical (unpaired) electrons. The van der Waals surface area contributed by atoms with Gasteiger partial charge in [-0.1, -0.05) is 45.0 Å². The van der Waals surface area contributed by atoms with E-state index in [1.54, 1.807) is 6.33 Å². The van der Waals surface area contributed by atoms with Gasteiger partial charge in [0.25, 0.3) is 0 Å². The molecule has 0 aliphatic carbocycles. The molecule has 1 aromatic heterocycles. The summed E-state index contributed by atoms with van der Waals surface area (Å²) >= 11 is 0. The normalized spacial score (nSPS) is 11.2. The van der Waals surface area contributed by atoms with E-state index >= 15 is 0 Å². The van der Waals surface area contributed by atoms with Gasteiger partial charge < -0.3 is 5.32 Å². The van der Waals surface area contributed by atoms with Gasteiger partial charge >= 0.3 is 0 Å². The summed E-state index contributed by atoms with van der Waals surface area (Å²) in [7, 11) is 0. The summed E-state index contributed by atoms with van der Waals surface area (Å²) in [5, 5.41) is 7.84. The molecular weight excluding hydrogens is 248 g/mol. The Morgan fingerprint density at radius 2 is 1.85 bits per heavy atom. The van der Waals surface area contributed by atoms with Crippen LogP contribution in [0.5, 0.6) is 0 Å². The Bertz CT molecular complexity index is 514. The van der Waals surface area contributed by atoms with Crippen LogP contribution in [0.4, 0.5) is 0 Å². The van der Waals surface area contributed by atoms with Crippen LogP contribution in [0, 0.1) is 5.92 Å². The van der Waals surface area contributed by atoms with Crippen molar-refractivity contribution in [1.82, 2.24) is 20.1 Å². The first kappa shape index (κ1) is 14.7. The van der Waals surface area contributed by atoms with E-state index in [2.05, 4.69) is 60.4 Å². The molecule has 0 atom stereocenters. The lowest BCUT2D eigenvalue weighted by Gasteiger charge is -2.04. The van der Waals surface area contributed by atoms with Crippen LogP contribution < -0.4 is 5.32 Å². The van der Waals surface area contributed by atoms with Crippen LogP contribution in [0.1, 0.15) is 37.7 Å². The zero-order valence-electron chi connectivity index (χ0n) is 12.6. The standard InChI is InChI=1S/C16H24N4/c1-4-14-5-7-15(8-6-14)11-20-12-18-16(19-20)10-17-9-13(2)3/h5-8,12-13,17H,4,9-11H2,1-3H3. The molecule has 1 aromatic carbocycles. The van der Waals surface area contributed by atoms with E-state index < -0.39 is 0 Å². The van der Waals surface area contributed by atoms with Crippen LogP contribution in [0.2, 0.25) is 0 Å². The minimum atomic E-state index is 0.647. The van der Waals surface area contributed by atoms with Crippen LogP contribution in [0.15, 0.2) is 30.6 Å². The van der Waals surface area contributed by atoms with E-state index in [4.69, 9.17) is 0 Å². The molecule has 4 nitrogen and oxygen atoms in total. The zero-order chi connectivity index (χ0) is 14.4. The van der Waals surface area contributed by atoms with Gasteiger partial charge in [-0.25, -0.2) is 9.67 Å². The van der Waals surface area contributed by atoms with Crippen molar-refractivity contribution in [3.63, 3.8) is 0 Å². The predicted octanol–water partition coefficient (Wildman–Crippen LogP) is 2.63. The van der Waals surface area contributed by atoms with E-state index in [0.29, 0.717) is 5.92 Å². The molecule has 0 amide bonds. The molecule has 0 aliphatic heterocycles. The number of hydrogen-bond acceptors (Lipinski definition) is 3. The van der Waals surface area contributed by atoms with Crippen molar-refractivity contribution in [1.29, 1.82) is 0 Å². The number of aryl methyl sites for hydroxylation is 1. The Morgan fingerprint density at radius 3 is 2.50 bits per heavy atom. The highest BCUT2D eigenvalue weighted by atomic mass is 15.3. The summed E-state index contributed by atoms with van der Waals surface area (Å²) in [4.78, 5) is 4.33. The third-order valence-electron chi connectivity index (χ3n) is 3.20. The Kier molecular flexibility index (Phi) is 5.30. The highest BCUT2D eigenvalue weighted by molar-refractivity contribution is 5.22. The number of rotatable bonds is 7. The summed E-state index contributed by atoms with van der Waals surface area (Å²) < 4.78 is 1.90.